The summed E-state index contributed by atoms with van der Waals surface area (Å²) in [6.45, 7) is 2.26. The molecule has 1 N–H and O–H groups in total. The van der Waals surface area contributed by atoms with Gasteiger partial charge >= 0.3 is 0 Å². The molecule has 35 heavy (non-hydrogen) atoms. The van der Waals surface area contributed by atoms with Crippen molar-refractivity contribution in [3.8, 4) is 0 Å². The predicted octanol–water partition coefficient (Wildman–Crippen LogP) is 1.53. The fourth-order valence-electron chi connectivity index (χ4n) is 5.23. The van der Waals surface area contributed by atoms with E-state index < -0.39 is 32.9 Å². The number of carbonyl (C=O) groups excluding carboxylic acids is 3. The zero-order valence-electron chi connectivity index (χ0n) is 20.4. The van der Waals surface area contributed by atoms with Crippen molar-refractivity contribution in [3.05, 3.63) is 35.9 Å². The second-order valence-electron chi connectivity index (χ2n) is 9.56. The highest BCUT2D eigenvalue weighted by Crippen LogP contribution is 2.45. The minimum absolute atomic E-state index is 0.0606. The molecule has 1 saturated carbocycles. The summed E-state index contributed by atoms with van der Waals surface area (Å²) in [6, 6.07) is 8.63. The Morgan fingerprint density at radius 2 is 1.94 bits per heavy atom. The molecule has 4 atom stereocenters. The molecule has 2 heterocycles. The number of rotatable bonds is 8. The molecule has 1 aromatic rings. The van der Waals surface area contributed by atoms with Crippen molar-refractivity contribution in [1.82, 2.24) is 15.3 Å². The quantitative estimate of drug-likeness (QED) is 0.576. The molecule has 3 amide bonds. The third-order valence-corrected chi connectivity index (χ3v) is 9.55. The van der Waals surface area contributed by atoms with Gasteiger partial charge in [-0.2, -0.15) is 0 Å². The van der Waals surface area contributed by atoms with Gasteiger partial charge in [0.15, 0.2) is 9.84 Å². The molecule has 0 radical (unpaired) electrons. The Bertz CT molecular complexity index is 1100. The van der Waals surface area contributed by atoms with E-state index in [-0.39, 0.29) is 42.2 Å². The maximum atomic E-state index is 13.5. The van der Waals surface area contributed by atoms with E-state index in [0.29, 0.717) is 38.6 Å². The number of sulfone groups is 1. The lowest BCUT2D eigenvalue weighted by Gasteiger charge is -2.43. The minimum atomic E-state index is -3.35. The number of amides is 3. The highest BCUT2D eigenvalue weighted by molar-refractivity contribution is 7.92. The molecular formula is C25H34N4O5S. The number of hydrazine groups is 1. The van der Waals surface area contributed by atoms with Crippen molar-refractivity contribution in [1.29, 1.82) is 0 Å². The average molecular weight is 503 g/mol. The zero-order chi connectivity index (χ0) is 25.2. The van der Waals surface area contributed by atoms with Crippen LogP contribution in [-0.2, 0) is 30.6 Å². The van der Waals surface area contributed by atoms with Gasteiger partial charge in [0.2, 0.25) is 5.91 Å². The van der Waals surface area contributed by atoms with Crippen LogP contribution in [0.2, 0.25) is 0 Å². The molecule has 9 nitrogen and oxygen atoms in total. The second kappa shape index (κ2) is 10.6. The summed E-state index contributed by atoms with van der Waals surface area (Å²) in [6.07, 6.45) is 3.00. The average Bonchev–Trinajstić information content (AvgIpc) is 3.68. The number of nitrogens with one attached hydrogen (secondary N) is 1. The first-order chi connectivity index (χ1) is 16.8. The van der Waals surface area contributed by atoms with Crippen LogP contribution >= 0.6 is 0 Å². The Kier molecular flexibility index (Phi) is 7.70. The maximum Gasteiger partial charge on any atom is 0.287 e. The van der Waals surface area contributed by atoms with E-state index >= 15 is 0 Å². The number of aliphatic imine (C=N–C) groups is 1. The molecule has 0 bridgehead atoms. The summed E-state index contributed by atoms with van der Waals surface area (Å²) in [5.41, 5.74) is 1.05. The molecule has 4 rings (SSSR count). The normalized spacial score (nSPS) is 26.9. The lowest BCUT2D eigenvalue weighted by Crippen LogP contribution is -2.59. The van der Waals surface area contributed by atoms with E-state index in [1.54, 1.807) is 7.05 Å². The molecule has 1 aliphatic carbocycles. The molecule has 1 aromatic carbocycles. The highest BCUT2D eigenvalue weighted by Gasteiger charge is 2.55. The molecule has 3 aliphatic rings. The topological polar surface area (TPSA) is 116 Å². The van der Waals surface area contributed by atoms with E-state index in [2.05, 4.69) is 10.3 Å². The zero-order valence-corrected chi connectivity index (χ0v) is 21.2. The first-order valence-corrected chi connectivity index (χ1v) is 14.2. The number of aryl methyl sites for hydroxylation is 1. The fourth-order valence-corrected chi connectivity index (χ4v) is 7.29. The van der Waals surface area contributed by atoms with Gasteiger partial charge < -0.3 is 5.32 Å². The highest BCUT2D eigenvalue weighted by atomic mass is 32.2. The first-order valence-electron chi connectivity index (χ1n) is 12.4. The number of likely N-dealkylation sites (N-methyl/N-ethyl adjacent to an activating group) is 1. The summed E-state index contributed by atoms with van der Waals surface area (Å²) < 4.78 is 26.2. The van der Waals surface area contributed by atoms with Crippen molar-refractivity contribution < 1.29 is 22.8 Å². The van der Waals surface area contributed by atoms with E-state index in [1.807, 2.05) is 37.3 Å². The maximum absolute atomic E-state index is 13.5. The number of hydrogen-bond acceptors (Lipinski definition) is 6. The number of hydrogen-bond donors (Lipinski definition) is 1. The van der Waals surface area contributed by atoms with Crippen LogP contribution in [0.15, 0.2) is 35.3 Å². The summed E-state index contributed by atoms with van der Waals surface area (Å²) in [5, 5.41) is 5.27. The van der Waals surface area contributed by atoms with Gasteiger partial charge in [0.1, 0.15) is 5.71 Å². The van der Waals surface area contributed by atoms with Gasteiger partial charge in [-0.1, -0.05) is 37.3 Å². The summed E-state index contributed by atoms with van der Waals surface area (Å²) in [4.78, 5) is 43.1. The van der Waals surface area contributed by atoms with E-state index in [9.17, 15) is 22.8 Å². The smallest absolute Gasteiger partial charge is 0.287 e. The van der Waals surface area contributed by atoms with Crippen LogP contribution in [0, 0.1) is 5.92 Å². The Morgan fingerprint density at radius 3 is 2.63 bits per heavy atom. The third kappa shape index (κ3) is 5.48. The predicted molar refractivity (Wildman–Crippen MR) is 132 cm³/mol. The van der Waals surface area contributed by atoms with Gasteiger partial charge in [-0.05, 0) is 50.6 Å². The molecule has 0 spiro atoms. The van der Waals surface area contributed by atoms with Crippen LogP contribution in [0.4, 0.5) is 0 Å². The van der Waals surface area contributed by atoms with Crippen LogP contribution in [0.3, 0.4) is 0 Å². The first kappa shape index (κ1) is 25.5. The van der Waals surface area contributed by atoms with E-state index in [1.165, 1.54) is 10.0 Å². The third-order valence-electron chi connectivity index (χ3n) is 7.31. The standard InChI is InChI=1S/C25H34N4O5S/c1-3-19(26-2)24(31)27-20-11-12-23(30)28-14-7-10-21(29(28)25(20)32)18-16-22(18)35(33,34)15-13-17-8-5-4-6-9-17/h4-6,8-9,18-19,21-22,26H,3,7,10-16H2,1-2H3/t18-,19?,21?,22?/m0/s1. The number of carbonyl (C=O) groups is 3. The Balaban J connectivity index is 1.52. The SMILES string of the molecule is CCC(NC)C(=O)N=C1CCC(=O)N2CCCC([C@@H]3CC3S(=O)(=O)CCc3ccccc3)N2C1=O. The molecule has 190 valence electrons. The lowest BCUT2D eigenvalue weighted by molar-refractivity contribution is -0.170. The van der Waals surface area contributed by atoms with E-state index in [0.717, 1.165) is 5.56 Å². The van der Waals surface area contributed by atoms with Crippen molar-refractivity contribution in [2.24, 2.45) is 10.9 Å². The lowest BCUT2D eigenvalue weighted by atomic mass is 10.0. The second-order valence-corrected chi connectivity index (χ2v) is 11.9. The van der Waals surface area contributed by atoms with Crippen LogP contribution in [0.5, 0.6) is 0 Å². The van der Waals surface area contributed by atoms with Crippen LogP contribution in [-0.4, -0.2) is 78.5 Å². The Hall–Kier alpha value is -2.59. The van der Waals surface area contributed by atoms with Crippen LogP contribution in [0.25, 0.3) is 0 Å². The van der Waals surface area contributed by atoms with Crippen molar-refractivity contribution in [3.63, 3.8) is 0 Å². The fraction of sp³-hybridized carbons (Fsp3) is 0.600. The Labute approximate surface area is 206 Å². The number of fused-ring (bicyclic) bond motifs is 1. The minimum Gasteiger partial charge on any atom is -0.309 e. The van der Waals surface area contributed by atoms with Gasteiger partial charge in [0, 0.05) is 19.4 Å². The molecule has 2 aliphatic heterocycles. The largest absolute Gasteiger partial charge is 0.309 e. The molecule has 3 fully saturated rings. The number of nitrogens with zero attached hydrogens (tertiary/aromatic N) is 3. The molecule has 10 heteroatoms. The Morgan fingerprint density at radius 1 is 1.20 bits per heavy atom. The van der Waals surface area contributed by atoms with Gasteiger partial charge in [-0.25, -0.2) is 18.4 Å². The van der Waals surface area contributed by atoms with Gasteiger partial charge in [-0.15, -0.1) is 0 Å². The summed E-state index contributed by atoms with van der Waals surface area (Å²) >= 11 is 0. The van der Waals surface area contributed by atoms with Crippen molar-refractivity contribution in [2.75, 3.05) is 19.3 Å². The van der Waals surface area contributed by atoms with Crippen molar-refractivity contribution >= 4 is 33.3 Å². The monoisotopic (exact) mass is 502 g/mol. The summed E-state index contributed by atoms with van der Waals surface area (Å²) in [5.74, 6) is -1.23. The molecule has 0 aromatic heterocycles. The molecule has 3 unspecified atom stereocenters. The molecular weight excluding hydrogens is 468 g/mol. The van der Waals surface area contributed by atoms with Crippen LogP contribution in [0.1, 0.15) is 51.0 Å². The van der Waals surface area contributed by atoms with E-state index in [4.69, 9.17) is 0 Å². The van der Waals surface area contributed by atoms with Gasteiger partial charge in [0.05, 0.1) is 23.1 Å². The summed E-state index contributed by atoms with van der Waals surface area (Å²) in [7, 11) is -1.68. The number of benzene rings is 1. The van der Waals surface area contributed by atoms with Gasteiger partial charge in [-0.3, -0.25) is 19.4 Å². The molecule has 2 saturated heterocycles. The van der Waals surface area contributed by atoms with Crippen molar-refractivity contribution in [2.45, 2.75) is 69.2 Å². The van der Waals surface area contributed by atoms with Crippen LogP contribution < -0.4 is 5.32 Å². The van der Waals surface area contributed by atoms with Gasteiger partial charge in [0.25, 0.3) is 11.8 Å².